The van der Waals surface area contributed by atoms with Crippen molar-refractivity contribution in [2.45, 2.75) is 37.2 Å². The second-order valence-electron chi connectivity index (χ2n) is 10.7. The van der Waals surface area contributed by atoms with Crippen LogP contribution < -0.4 is 16.0 Å². The summed E-state index contributed by atoms with van der Waals surface area (Å²) in [6, 6.07) is 6.64. The summed E-state index contributed by atoms with van der Waals surface area (Å²) in [6.07, 6.45) is 0.117. The number of rotatable bonds is 8. The number of hydrogen-bond donors (Lipinski definition) is 3. The highest BCUT2D eigenvalue weighted by Crippen LogP contribution is 2.30. The van der Waals surface area contributed by atoms with Crippen molar-refractivity contribution in [3.05, 3.63) is 70.5 Å². The molecule has 0 spiro atoms. The van der Waals surface area contributed by atoms with Crippen LogP contribution in [-0.2, 0) is 34.2 Å². The maximum Gasteiger partial charge on any atom is 0.243 e. The van der Waals surface area contributed by atoms with E-state index in [0.717, 1.165) is 48.3 Å². The van der Waals surface area contributed by atoms with Gasteiger partial charge in [-0.25, -0.2) is 17.2 Å². The van der Waals surface area contributed by atoms with Gasteiger partial charge in [0.15, 0.2) is 5.78 Å². The molecule has 4 N–H and O–H groups in total. The first-order valence-corrected chi connectivity index (χ1v) is 15.0. The van der Waals surface area contributed by atoms with E-state index >= 15 is 0 Å². The van der Waals surface area contributed by atoms with E-state index in [1.54, 1.807) is 19.1 Å². The predicted molar refractivity (Wildman–Crippen MR) is 153 cm³/mol. The number of piperazine rings is 1. The molecule has 2 aliphatic rings. The van der Waals surface area contributed by atoms with Crippen molar-refractivity contribution in [1.29, 1.82) is 0 Å². The van der Waals surface area contributed by atoms with E-state index in [2.05, 4.69) is 32.4 Å². The fraction of sp³-hybridized carbons (Fsp3) is 0.393. The number of carbonyl (C=O) groups excluding carboxylic acids is 2. The summed E-state index contributed by atoms with van der Waals surface area (Å²) in [5, 5.41) is 9.96. The zero-order valence-electron chi connectivity index (χ0n) is 23.4. The van der Waals surface area contributed by atoms with Gasteiger partial charge in [-0.3, -0.25) is 14.7 Å². The largest absolute Gasteiger partial charge is 0.369 e. The average Bonchev–Trinajstić information content (AvgIpc) is 3.34. The topological polar surface area (TPSA) is 145 Å². The number of likely N-dealkylation sites (N-methyl/N-ethyl adjacent to an activating group) is 1. The fourth-order valence-electron chi connectivity index (χ4n) is 5.14. The SMILES string of the molecule is C[C@@H](N)C(=O)Nc1cc(N2CCN(C)CC2)ccc1C(=O)Cc1n[nH]c2c1CN(S(=O)(=O)c1cc(F)cc(F)c1)CC2. The Balaban J connectivity index is 1.39. The summed E-state index contributed by atoms with van der Waals surface area (Å²) in [5.74, 6) is -2.76. The molecule has 0 aliphatic carbocycles. The number of anilines is 2. The minimum atomic E-state index is -4.21. The first-order valence-electron chi connectivity index (χ1n) is 13.6. The van der Waals surface area contributed by atoms with Crippen molar-refractivity contribution < 1.29 is 26.8 Å². The molecule has 5 rings (SSSR count). The normalized spacial score (nSPS) is 17.1. The van der Waals surface area contributed by atoms with E-state index < -0.39 is 38.5 Å². The summed E-state index contributed by atoms with van der Waals surface area (Å²) in [6.45, 7) is 4.86. The minimum Gasteiger partial charge on any atom is -0.369 e. The number of H-pyrrole nitrogens is 1. The monoisotopic (exact) mass is 601 g/mol. The van der Waals surface area contributed by atoms with Gasteiger partial charge >= 0.3 is 0 Å². The molecule has 2 aliphatic heterocycles. The number of carbonyl (C=O) groups is 2. The molecule has 1 atom stereocenters. The molecule has 1 saturated heterocycles. The van der Waals surface area contributed by atoms with Gasteiger partial charge in [0.25, 0.3) is 0 Å². The van der Waals surface area contributed by atoms with Gasteiger partial charge in [0.05, 0.1) is 28.7 Å². The Morgan fingerprint density at radius 2 is 1.76 bits per heavy atom. The number of nitrogens with zero attached hydrogens (tertiary/aromatic N) is 4. The molecule has 2 aromatic carbocycles. The van der Waals surface area contributed by atoms with E-state index in [1.807, 2.05) is 6.07 Å². The second-order valence-corrected chi connectivity index (χ2v) is 12.7. The Morgan fingerprint density at radius 1 is 1.07 bits per heavy atom. The number of aromatic nitrogens is 2. The highest BCUT2D eigenvalue weighted by molar-refractivity contribution is 7.89. The van der Waals surface area contributed by atoms with E-state index in [0.29, 0.717) is 28.7 Å². The van der Waals surface area contributed by atoms with Crippen LogP contribution in [0.1, 0.15) is 34.2 Å². The Kier molecular flexibility index (Phi) is 8.42. The lowest BCUT2D eigenvalue weighted by Crippen LogP contribution is -2.44. The molecule has 1 fully saturated rings. The molecule has 1 amide bonds. The maximum absolute atomic E-state index is 13.8. The van der Waals surface area contributed by atoms with Crippen molar-refractivity contribution in [2.75, 3.05) is 50.0 Å². The van der Waals surface area contributed by atoms with Crippen molar-refractivity contribution in [3.8, 4) is 0 Å². The standard InChI is InChI=1S/C28H33F2N7O4S/c1-17(31)28(39)32-25-14-20(36-9-7-35(2)8-10-36)3-4-22(25)27(38)15-26-23-16-37(6-5-24(23)33-34-26)42(40,41)21-12-18(29)11-19(30)13-21/h3-4,11-14,17H,5-10,15-16,31H2,1-2H3,(H,32,39)(H,33,34)/t17-/m1/s1. The zero-order valence-corrected chi connectivity index (χ0v) is 24.2. The van der Waals surface area contributed by atoms with Crippen LogP contribution in [-0.4, -0.2) is 85.3 Å². The number of nitrogens with two attached hydrogens (primary N) is 1. The summed E-state index contributed by atoms with van der Waals surface area (Å²) in [4.78, 5) is 30.0. The molecule has 3 heterocycles. The van der Waals surface area contributed by atoms with E-state index in [1.165, 1.54) is 0 Å². The molecule has 224 valence electrons. The zero-order chi connectivity index (χ0) is 30.2. The van der Waals surface area contributed by atoms with Crippen LogP contribution in [0.25, 0.3) is 0 Å². The molecule has 0 saturated carbocycles. The van der Waals surface area contributed by atoms with Crippen molar-refractivity contribution in [2.24, 2.45) is 5.73 Å². The Labute approximate surface area is 242 Å². The number of ketones is 1. The third kappa shape index (κ3) is 6.21. The first kappa shape index (κ1) is 29.8. The number of nitrogens with one attached hydrogen (secondary N) is 2. The molecule has 14 heteroatoms. The summed E-state index contributed by atoms with van der Waals surface area (Å²) >= 11 is 0. The lowest BCUT2D eigenvalue weighted by atomic mass is 9.99. The molecular weight excluding hydrogens is 568 g/mol. The third-order valence-electron chi connectivity index (χ3n) is 7.63. The number of fused-ring (bicyclic) bond motifs is 1. The lowest BCUT2D eigenvalue weighted by molar-refractivity contribution is -0.117. The molecule has 0 bridgehead atoms. The first-order chi connectivity index (χ1) is 19.9. The maximum atomic E-state index is 13.8. The van der Waals surface area contributed by atoms with Crippen LogP contribution >= 0.6 is 0 Å². The highest BCUT2D eigenvalue weighted by atomic mass is 32.2. The minimum absolute atomic E-state index is 0.0737. The van der Waals surface area contributed by atoms with Crippen LogP contribution in [0.15, 0.2) is 41.3 Å². The lowest BCUT2D eigenvalue weighted by Gasteiger charge is -2.34. The molecule has 42 heavy (non-hydrogen) atoms. The smallest absolute Gasteiger partial charge is 0.243 e. The molecule has 11 nitrogen and oxygen atoms in total. The molecule has 3 aromatic rings. The summed E-state index contributed by atoms with van der Waals surface area (Å²) < 4.78 is 55.1. The van der Waals surface area contributed by atoms with Crippen molar-refractivity contribution in [1.82, 2.24) is 19.4 Å². The van der Waals surface area contributed by atoms with E-state index in [-0.39, 0.29) is 37.3 Å². The molecular formula is C28H33F2N7O4S. The van der Waals surface area contributed by atoms with Gasteiger partial charge in [-0.05, 0) is 44.3 Å². The van der Waals surface area contributed by atoms with Crippen LogP contribution in [0.4, 0.5) is 20.2 Å². The van der Waals surface area contributed by atoms with E-state index in [4.69, 9.17) is 5.73 Å². The number of benzene rings is 2. The number of hydrogen-bond acceptors (Lipinski definition) is 8. The van der Waals surface area contributed by atoms with E-state index in [9.17, 15) is 26.8 Å². The number of halogens is 2. The third-order valence-corrected chi connectivity index (χ3v) is 9.45. The van der Waals surface area contributed by atoms with Gasteiger partial charge < -0.3 is 20.9 Å². The second kappa shape index (κ2) is 11.9. The van der Waals surface area contributed by atoms with Gasteiger partial charge in [-0.15, -0.1) is 0 Å². The Bertz CT molecular complexity index is 1600. The Hall–Kier alpha value is -3.72. The average molecular weight is 602 g/mol. The quantitative estimate of drug-likeness (QED) is 0.332. The highest BCUT2D eigenvalue weighted by Gasteiger charge is 2.32. The number of amides is 1. The van der Waals surface area contributed by atoms with Crippen LogP contribution in [0, 0.1) is 11.6 Å². The Morgan fingerprint density at radius 3 is 2.43 bits per heavy atom. The van der Waals surface area contributed by atoms with Gasteiger partial charge in [0.1, 0.15) is 11.6 Å². The van der Waals surface area contributed by atoms with Crippen LogP contribution in [0.3, 0.4) is 0 Å². The fourth-order valence-corrected chi connectivity index (χ4v) is 6.59. The summed E-state index contributed by atoms with van der Waals surface area (Å²) in [5.41, 5.74) is 8.82. The van der Waals surface area contributed by atoms with Crippen molar-refractivity contribution >= 4 is 33.1 Å². The molecule has 1 aromatic heterocycles. The number of sulfonamides is 1. The number of aromatic amines is 1. The predicted octanol–water partition coefficient (Wildman–Crippen LogP) is 1.90. The van der Waals surface area contributed by atoms with Crippen LogP contribution in [0.2, 0.25) is 0 Å². The molecule has 0 radical (unpaired) electrons. The number of Topliss-reactive ketones (excluding diaryl/α,β-unsaturated/α-hetero) is 1. The van der Waals surface area contributed by atoms with Crippen molar-refractivity contribution in [3.63, 3.8) is 0 Å². The summed E-state index contributed by atoms with van der Waals surface area (Å²) in [7, 11) is -2.16. The van der Waals surface area contributed by atoms with Gasteiger partial charge in [-0.2, -0.15) is 9.40 Å². The van der Waals surface area contributed by atoms with Gasteiger partial charge in [-0.1, -0.05) is 0 Å². The van der Waals surface area contributed by atoms with Gasteiger partial charge in [0, 0.05) is 74.3 Å². The van der Waals surface area contributed by atoms with Crippen LogP contribution in [0.5, 0.6) is 0 Å². The molecule has 0 unspecified atom stereocenters. The van der Waals surface area contributed by atoms with Gasteiger partial charge in [0.2, 0.25) is 15.9 Å².